The SMILES string of the molecule is COc1ccccc1CCNC(=O)CCN1CCN(c2cccc(C)c2)CC1. The van der Waals surface area contributed by atoms with E-state index < -0.39 is 0 Å². The second kappa shape index (κ2) is 10.1. The van der Waals surface area contributed by atoms with E-state index >= 15 is 0 Å². The van der Waals surface area contributed by atoms with E-state index in [0.717, 1.165) is 50.5 Å². The number of hydrogen-bond acceptors (Lipinski definition) is 4. The number of hydrogen-bond donors (Lipinski definition) is 1. The van der Waals surface area contributed by atoms with Gasteiger partial charge in [-0.1, -0.05) is 30.3 Å². The number of carbonyl (C=O) groups excluding carboxylic acids is 1. The lowest BCUT2D eigenvalue weighted by Crippen LogP contribution is -2.47. The third kappa shape index (κ3) is 5.73. The number of nitrogens with zero attached hydrogens (tertiary/aromatic N) is 2. The van der Waals surface area contributed by atoms with Gasteiger partial charge in [0.1, 0.15) is 5.75 Å². The normalized spacial score (nSPS) is 14.7. The second-order valence-electron chi connectivity index (χ2n) is 7.33. The largest absolute Gasteiger partial charge is 0.496 e. The molecule has 0 atom stereocenters. The van der Waals surface area contributed by atoms with Gasteiger partial charge in [-0.05, 0) is 42.7 Å². The van der Waals surface area contributed by atoms with Crippen LogP contribution in [-0.2, 0) is 11.2 Å². The van der Waals surface area contributed by atoms with Gasteiger partial charge in [-0.3, -0.25) is 9.69 Å². The van der Waals surface area contributed by atoms with E-state index in [1.807, 2.05) is 24.3 Å². The molecule has 1 amide bonds. The molecule has 0 aromatic heterocycles. The maximum absolute atomic E-state index is 12.2. The zero-order valence-electron chi connectivity index (χ0n) is 17.0. The summed E-state index contributed by atoms with van der Waals surface area (Å²) in [6.07, 6.45) is 1.33. The lowest BCUT2D eigenvalue weighted by Gasteiger charge is -2.36. The Morgan fingerprint density at radius 3 is 2.61 bits per heavy atom. The summed E-state index contributed by atoms with van der Waals surface area (Å²) in [4.78, 5) is 17.0. The monoisotopic (exact) mass is 381 g/mol. The molecule has 5 nitrogen and oxygen atoms in total. The van der Waals surface area contributed by atoms with Crippen molar-refractivity contribution in [1.29, 1.82) is 0 Å². The number of methoxy groups -OCH3 is 1. The van der Waals surface area contributed by atoms with Crippen LogP contribution in [-0.4, -0.2) is 57.2 Å². The molecule has 0 bridgehead atoms. The maximum Gasteiger partial charge on any atom is 0.221 e. The third-order valence-corrected chi connectivity index (χ3v) is 5.30. The quantitative estimate of drug-likeness (QED) is 0.764. The summed E-state index contributed by atoms with van der Waals surface area (Å²) in [7, 11) is 1.68. The van der Waals surface area contributed by atoms with Gasteiger partial charge in [0.05, 0.1) is 7.11 Å². The Bertz CT molecular complexity index is 770. The number of piperazine rings is 1. The summed E-state index contributed by atoms with van der Waals surface area (Å²) in [5.74, 6) is 0.999. The molecule has 1 saturated heterocycles. The Hall–Kier alpha value is -2.53. The zero-order valence-corrected chi connectivity index (χ0v) is 17.0. The Morgan fingerprint density at radius 2 is 1.86 bits per heavy atom. The first-order valence-corrected chi connectivity index (χ1v) is 10.1. The molecule has 0 radical (unpaired) electrons. The number of nitrogens with one attached hydrogen (secondary N) is 1. The molecule has 3 rings (SSSR count). The maximum atomic E-state index is 12.2. The Kier molecular flexibility index (Phi) is 7.31. The van der Waals surface area contributed by atoms with E-state index in [9.17, 15) is 4.79 Å². The molecule has 28 heavy (non-hydrogen) atoms. The summed E-state index contributed by atoms with van der Waals surface area (Å²) in [6.45, 7) is 7.62. The molecule has 150 valence electrons. The van der Waals surface area contributed by atoms with E-state index in [0.29, 0.717) is 13.0 Å². The minimum atomic E-state index is 0.121. The van der Waals surface area contributed by atoms with Crippen LogP contribution in [0.5, 0.6) is 5.75 Å². The highest BCUT2D eigenvalue weighted by Crippen LogP contribution is 2.18. The van der Waals surface area contributed by atoms with Crippen LogP contribution in [0.25, 0.3) is 0 Å². The standard InChI is InChI=1S/C23H31N3O2/c1-19-6-5-8-21(18-19)26-16-14-25(15-17-26)13-11-23(27)24-12-10-20-7-3-4-9-22(20)28-2/h3-9,18H,10-17H2,1-2H3,(H,24,27). The van der Waals surface area contributed by atoms with Gasteiger partial charge in [-0.25, -0.2) is 0 Å². The number of anilines is 1. The lowest BCUT2D eigenvalue weighted by molar-refractivity contribution is -0.121. The molecule has 0 saturated carbocycles. The van der Waals surface area contributed by atoms with Gasteiger partial charge in [0.2, 0.25) is 5.91 Å². The molecule has 5 heteroatoms. The van der Waals surface area contributed by atoms with Gasteiger partial charge in [-0.2, -0.15) is 0 Å². The van der Waals surface area contributed by atoms with Gasteiger partial charge in [0.15, 0.2) is 0 Å². The van der Waals surface area contributed by atoms with Crippen molar-refractivity contribution < 1.29 is 9.53 Å². The smallest absolute Gasteiger partial charge is 0.221 e. The molecule has 0 spiro atoms. The van der Waals surface area contributed by atoms with E-state index in [1.165, 1.54) is 11.3 Å². The minimum Gasteiger partial charge on any atom is -0.496 e. The van der Waals surface area contributed by atoms with E-state index in [2.05, 4.69) is 46.3 Å². The van der Waals surface area contributed by atoms with Crippen LogP contribution in [0.1, 0.15) is 17.5 Å². The average Bonchev–Trinajstić information content (AvgIpc) is 2.73. The molecule has 2 aromatic rings. The summed E-state index contributed by atoms with van der Waals surface area (Å²) in [6, 6.07) is 16.6. The van der Waals surface area contributed by atoms with Crippen molar-refractivity contribution in [2.45, 2.75) is 19.8 Å². The summed E-state index contributed by atoms with van der Waals surface area (Å²) in [5.41, 5.74) is 3.72. The number of benzene rings is 2. The fraction of sp³-hybridized carbons (Fsp3) is 0.435. The minimum absolute atomic E-state index is 0.121. The zero-order chi connectivity index (χ0) is 19.8. The predicted molar refractivity (Wildman–Crippen MR) is 114 cm³/mol. The number of para-hydroxylation sites is 1. The fourth-order valence-electron chi connectivity index (χ4n) is 3.65. The molecule has 0 unspecified atom stereocenters. The molecule has 2 aromatic carbocycles. The first-order valence-electron chi connectivity index (χ1n) is 10.1. The van der Waals surface area contributed by atoms with Crippen LogP contribution < -0.4 is 15.0 Å². The van der Waals surface area contributed by atoms with Crippen molar-refractivity contribution in [3.63, 3.8) is 0 Å². The Morgan fingerprint density at radius 1 is 1.07 bits per heavy atom. The van der Waals surface area contributed by atoms with Crippen LogP contribution in [0.2, 0.25) is 0 Å². The third-order valence-electron chi connectivity index (χ3n) is 5.30. The van der Waals surface area contributed by atoms with Gasteiger partial charge in [-0.15, -0.1) is 0 Å². The summed E-state index contributed by atoms with van der Waals surface area (Å²) >= 11 is 0. The van der Waals surface area contributed by atoms with Crippen LogP contribution >= 0.6 is 0 Å². The number of ether oxygens (including phenoxy) is 1. The topological polar surface area (TPSA) is 44.8 Å². The highest BCUT2D eigenvalue weighted by molar-refractivity contribution is 5.76. The Labute approximate surface area is 168 Å². The Balaban J connectivity index is 1.34. The fourth-order valence-corrected chi connectivity index (χ4v) is 3.65. The van der Waals surface area contributed by atoms with Crippen LogP contribution in [0.3, 0.4) is 0 Å². The van der Waals surface area contributed by atoms with Gasteiger partial charge < -0.3 is 15.0 Å². The highest BCUT2D eigenvalue weighted by Gasteiger charge is 2.17. The van der Waals surface area contributed by atoms with Crippen molar-refractivity contribution in [1.82, 2.24) is 10.2 Å². The first-order chi connectivity index (χ1) is 13.7. The van der Waals surface area contributed by atoms with Gasteiger partial charge >= 0.3 is 0 Å². The van der Waals surface area contributed by atoms with Crippen molar-refractivity contribution in [2.24, 2.45) is 0 Å². The van der Waals surface area contributed by atoms with Gasteiger partial charge in [0, 0.05) is 51.4 Å². The molecule has 1 N–H and O–H groups in total. The van der Waals surface area contributed by atoms with Crippen molar-refractivity contribution in [2.75, 3.05) is 51.3 Å². The molecule has 0 aliphatic carbocycles. The van der Waals surface area contributed by atoms with Crippen molar-refractivity contribution >= 4 is 11.6 Å². The van der Waals surface area contributed by atoms with Crippen LogP contribution in [0.15, 0.2) is 48.5 Å². The lowest BCUT2D eigenvalue weighted by atomic mass is 10.1. The van der Waals surface area contributed by atoms with Crippen LogP contribution in [0.4, 0.5) is 5.69 Å². The van der Waals surface area contributed by atoms with Crippen molar-refractivity contribution in [3.05, 3.63) is 59.7 Å². The molecular weight excluding hydrogens is 350 g/mol. The average molecular weight is 382 g/mol. The first kappa shape index (κ1) is 20.2. The molecule has 1 fully saturated rings. The van der Waals surface area contributed by atoms with E-state index in [-0.39, 0.29) is 5.91 Å². The molecule has 1 aliphatic rings. The number of aryl methyl sites for hydroxylation is 1. The summed E-state index contributed by atoms with van der Waals surface area (Å²) < 4.78 is 5.35. The van der Waals surface area contributed by atoms with E-state index in [1.54, 1.807) is 7.11 Å². The predicted octanol–water partition coefficient (Wildman–Crippen LogP) is 2.87. The number of amides is 1. The summed E-state index contributed by atoms with van der Waals surface area (Å²) in [5, 5.41) is 3.03. The molecule has 1 aliphatic heterocycles. The highest BCUT2D eigenvalue weighted by atomic mass is 16.5. The van der Waals surface area contributed by atoms with Gasteiger partial charge in [0.25, 0.3) is 0 Å². The van der Waals surface area contributed by atoms with Crippen LogP contribution in [0, 0.1) is 6.92 Å². The number of rotatable bonds is 8. The van der Waals surface area contributed by atoms with E-state index in [4.69, 9.17) is 4.74 Å². The second-order valence-corrected chi connectivity index (χ2v) is 7.33. The van der Waals surface area contributed by atoms with Crippen molar-refractivity contribution in [3.8, 4) is 5.75 Å². The molecule has 1 heterocycles. The number of carbonyl (C=O) groups is 1. The molecular formula is C23H31N3O2.